The first-order valence-electron chi connectivity index (χ1n) is 5.63. The number of hydrogen-bond acceptors (Lipinski definition) is 2. The quantitative estimate of drug-likeness (QED) is 0.624. The predicted molar refractivity (Wildman–Crippen MR) is 71.8 cm³/mol. The maximum absolute atomic E-state index is 5.60. The summed E-state index contributed by atoms with van der Waals surface area (Å²) in [7, 11) is 0. The number of benzene rings is 1. The number of aromatic nitrogens is 2. The van der Waals surface area contributed by atoms with Crippen molar-refractivity contribution in [3.05, 3.63) is 48.3 Å². The molecule has 1 aromatic heterocycles. The fourth-order valence-electron chi connectivity index (χ4n) is 1.46. The molecule has 18 heavy (non-hydrogen) atoms. The molecule has 4 heteroatoms. The molecule has 0 saturated heterocycles. The van der Waals surface area contributed by atoms with Crippen molar-refractivity contribution < 1.29 is 4.74 Å². The monoisotopic (exact) mass is 260 g/mol. The highest BCUT2D eigenvalue weighted by molar-refractivity contribution is 6.19. The van der Waals surface area contributed by atoms with E-state index in [9.17, 15) is 0 Å². The van der Waals surface area contributed by atoms with Gasteiger partial charge in [-0.3, -0.25) is 4.68 Å². The van der Waals surface area contributed by atoms with Gasteiger partial charge in [0.1, 0.15) is 12.4 Å². The second kappa shape index (κ2) is 6.73. The van der Waals surface area contributed by atoms with Crippen LogP contribution in [0.5, 0.6) is 5.75 Å². The number of alkyl halides is 1. The van der Waals surface area contributed by atoms with E-state index >= 15 is 0 Å². The van der Waals surface area contributed by atoms with E-state index in [-0.39, 0.29) is 0 Å². The van der Waals surface area contributed by atoms with Crippen molar-refractivity contribution in [3.8, 4) is 17.6 Å². The average molecular weight is 261 g/mol. The maximum Gasteiger partial charge on any atom is 0.119 e. The normalized spacial score (nSPS) is 9.61. The Morgan fingerprint density at radius 1 is 1.28 bits per heavy atom. The third-order valence-electron chi connectivity index (χ3n) is 2.30. The Morgan fingerprint density at radius 3 is 2.78 bits per heavy atom. The molecule has 0 saturated carbocycles. The smallest absolute Gasteiger partial charge is 0.119 e. The molecule has 1 heterocycles. The first kappa shape index (κ1) is 12.5. The number of ether oxygens (including phenoxy) is 1. The van der Waals surface area contributed by atoms with Crippen LogP contribution in [0.25, 0.3) is 0 Å². The molecule has 1 aromatic carbocycles. The van der Waals surface area contributed by atoms with Gasteiger partial charge in [-0.05, 0) is 30.3 Å². The van der Waals surface area contributed by atoms with Crippen LogP contribution in [0, 0.1) is 11.8 Å². The fraction of sp³-hybridized carbons (Fsp3) is 0.214. The molecule has 0 aliphatic carbocycles. The summed E-state index contributed by atoms with van der Waals surface area (Å²) in [5, 5.41) is 4.10. The highest BCUT2D eigenvalue weighted by atomic mass is 35.5. The van der Waals surface area contributed by atoms with Crippen molar-refractivity contribution in [1.82, 2.24) is 9.78 Å². The third kappa shape index (κ3) is 3.83. The van der Waals surface area contributed by atoms with Gasteiger partial charge in [-0.25, -0.2) is 0 Å². The van der Waals surface area contributed by atoms with E-state index in [2.05, 4.69) is 16.9 Å². The number of rotatable bonds is 4. The van der Waals surface area contributed by atoms with Crippen molar-refractivity contribution in [1.29, 1.82) is 0 Å². The van der Waals surface area contributed by atoms with Gasteiger partial charge in [-0.1, -0.05) is 11.8 Å². The molecule has 0 aliphatic rings. The minimum absolute atomic E-state index is 0.349. The first-order valence-corrected chi connectivity index (χ1v) is 6.17. The largest absolute Gasteiger partial charge is 0.492 e. The Balaban J connectivity index is 1.83. The van der Waals surface area contributed by atoms with E-state index in [0.717, 1.165) is 17.9 Å². The zero-order valence-corrected chi connectivity index (χ0v) is 10.6. The summed E-state index contributed by atoms with van der Waals surface area (Å²) < 4.78 is 7.44. The third-order valence-corrected chi connectivity index (χ3v) is 2.44. The molecule has 3 nitrogen and oxygen atoms in total. The molecule has 0 aliphatic heterocycles. The highest BCUT2D eigenvalue weighted by Crippen LogP contribution is 2.11. The molecule has 0 atom stereocenters. The van der Waals surface area contributed by atoms with Gasteiger partial charge >= 0.3 is 0 Å². The zero-order chi connectivity index (χ0) is 12.6. The van der Waals surface area contributed by atoms with Crippen molar-refractivity contribution in [2.75, 3.05) is 12.5 Å². The van der Waals surface area contributed by atoms with Crippen LogP contribution in [-0.2, 0) is 6.54 Å². The lowest BCUT2D eigenvalue weighted by atomic mass is 10.2. The van der Waals surface area contributed by atoms with Crippen LogP contribution in [0.1, 0.15) is 5.56 Å². The van der Waals surface area contributed by atoms with Crippen LogP contribution in [-0.4, -0.2) is 22.3 Å². The molecule has 0 amide bonds. The Morgan fingerprint density at radius 2 is 2.11 bits per heavy atom. The van der Waals surface area contributed by atoms with Gasteiger partial charge in [0.2, 0.25) is 0 Å². The molecular formula is C14H13ClN2O. The topological polar surface area (TPSA) is 27.1 Å². The minimum atomic E-state index is 0.349. The molecule has 0 N–H and O–H groups in total. The molecule has 0 bridgehead atoms. The van der Waals surface area contributed by atoms with Gasteiger partial charge < -0.3 is 4.74 Å². The second-order valence-electron chi connectivity index (χ2n) is 3.58. The van der Waals surface area contributed by atoms with Gasteiger partial charge in [-0.15, -0.1) is 11.6 Å². The summed E-state index contributed by atoms with van der Waals surface area (Å²) in [6.45, 7) is 1.33. The van der Waals surface area contributed by atoms with Crippen LogP contribution in [0.4, 0.5) is 0 Å². The van der Waals surface area contributed by atoms with Crippen molar-refractivity contribution in [3.63, 3.8) is 0 Å². The van der Waals surface area contributed by atoms with Crippen LogP contribution < -0.4 is 4.74 Å². The van der Waals surface area contributed by atoms with Gasteiger partial charge in [0.05, 0.1) is 12.4 Å². The van der Waals surface area contributed by atoms with E-state index in [1.165, 1.54) is 0 Å². The van der Waals surface area contributed by atoms with Crippen LogP contribution in [0.2, 0.25) is 0 Å². The lowest BCUT2D eigenvalue weighted by molar-refractivity contribution is 0.291. The molecule has 92 valence electrons. The van der Waals surface area contributed by atoms with Gasteiger partial charge in [-0.2, -0.15) is 5.10 Å². The molecule has 2 rings (SSSR count). The maximum atomic E-state index is 5.60. The average Bonchev–Trinajstić information content (AvgIpc) is 2.91. The summed E-state index contributed by atoms with van der Waals surface area (Å²) in [4.78, 5) is 0. The van der Waals surface area contributed by atoms with Crippen molar-refractivity contribution in [2.24, 2.45) is 0 Å². The minimum Gasteiger partial charge on any atom is -0.492 e. The van der Waals surface area contributed by atoms with Crippen LogP contribution >= 0.6 is 11.6 Å². The Labute approximate surface area is 111 Å². The summed E-state index contributed by atoms with van der Waals surface area (Å²) in [6, 6.07) is 9.54. The molecule has 0 spiro atoms. The Bertz CT molecular complexity index is 523. The first-order chi connectivity index (χ1) is 8.88. The number of nitrogens with zero attached hydrogens (tertiary/aromatic N) is 2. The molecule has 0 unspecified atom stereocenters. The summed E-state index contributed by atoms with van der Waals surface area (Å²) in [5.74, 6) is 6.94. The standard InChI is InChI=1S/C14H13ClN2O/c15-8-1-3-13-4-6-14(7-5-13)18-12-11-17-10-2-9-16-17/h2,4-7,9-10H,8,11-12H2. The summed E-state index contributed by atoms with van der Waals surface area (Å²) in [6.07, 6.45) is 3.67. The second-order valence-corrected chi connectivity index (χ2v) is 3.84. The van der Waals surface area contributed by atoms with Gasteiger partial charge in [0, 0.05) is 18.0 Å². The highest BCUT2D eigenvalue weighted by Gasteiger charge is 1.95. The summed E-state index contributed by atoms with van der Waals surface area (Å²) in [5.41, 5.74) is 0.940. The van der Waals surface area contributed by atoms with Crippen LogP contribution in [0.15, 0.2) is 42.7 Å². The Kier molecular flexibility index (Phi) is 4.68. The zero-order valence-electron chi connectivity index (χ0n) is 9.84. The van der Waals surface area contributed by atoms with Crippen LogP contribution in [0.3, 0.4) is 0 Å². The molecule has 2 aromatic rings. The van der Waals surface area contributed by atoms with E-state index in [0.29, 0.717) is 12.5 Å². The van der Waals surface area contributed by atoms with Crippen molar-refractivity contribution >= 4 is 11.6 Å². The van der Waals surface area contributed by atoms with Crippen molar-refractivity contribution in [2.45, 2.75) is 6.54 Å². The fourth-order valence-corrected chi connectivity index (χ4v) is 1.53. The Hall–Kier alpha value is -1.92. The lowest BCUT2D eigenvalue weighted by Crippen LogP contribution is -2.08. The van der Waals surface area contributed by atoms with Gasteiger partial charge in [0.25, 0.3) is 0 Å². The number of halogens is 1. The molecule has 0 fully saturated rings. The molecular weight excluding hydrogens is 248 g/mol. The predicted octanol–water partition coefficient (Wildman–Crippen LogP) is 2.55. The van der Waals surface area contributed by atoms with Gasteiger partial charge in [0.15, 0.2) is 0 Å². The number of hydrogen-bond donors (Lipinski definition) is 0. The van der Waals surface area contributed by atoms with E-state index < -0.39 is 0 Å². The van der Waals surface area contributed by atoms with E-state index in [1.807, 2.05) is 41.2 Å². The van der Waals surface area contributed by atoms with E-state index in [1.54, 1.807) is 6.20 Å². The lowest BCUT2D eigenvalue weighted by Gasteiger charge is -2.06. The molecule has 0 radical (unpaired) electrons. The summed E-state index contributed by atoms with van der Waals surface area (Å²) >= 11 is 5.49. The SMILES string of the molecule is ClCC#Cc1ccc(OCCn2cccn2)cc1. The van der Waals surface area contributed by atoms with E-state index in [4.69, 9.17) is 16.3 Å².